The van der Waals surface area contributed by atoms with Crippen LogP contribution in [0.1, 0.15) is 16.8 Å². The Morgan fingerprint density at radius 2 is 1.82 bits per heavy atom. The van der Waals surface area contributed by atoms with Crippen LogP contribution in [-0.4, -0.2) is 67.6 Å². The van der Waals surface area contributed by atoms with Crippen LogP contribution < -0.4 is 10.2 Å². The van der Waals surface area contributed by atoms with Crippen molar-refractivity contribution >= 4 is 34.0 Å². The number of likely N-dealkylation sites (N-methyl/N-ethyl adjacent to an activating group) is 1. The maximum absolute atomic E-state index is 13.0. The van der Waals surface area contributed by atoms with Gasteiger partial charge in [-0.05, 0) is 37.4 Å². The van der Waals surface area contributed by atoms with Gasteiger partial charge in [-0.2, -0.15) is 5.26 Å². The van der Waals surface area contributed by atoms with Crippen LogP contribution in [0.3, 0.4) is 0 Å². The lowest BCUT2D eigenvalue weighted by Gasteiger charge is -2.28. The third-order valence-electron chi connectivity index (χ3n) is 5.91. The van der Waals surface area contributed by atoms with Crippen LogP contribution in [0.4, 0.5) is 11.4 Å². The number of ether oxygens (including phenoxy) is 1. The van der Waals surface area contributed by atoms with Gasteiger partial charge >= 0.3 is 0 Å². The summed E-state index contributed by atoms with van der Waals surface area (Å²) in [5.41, 5.74) is 3.38. The summed E-state index contributed by atoms with van der Waals surface area (Å²) >= 11 is 0. The van der Waals surface area contributed by atoms with E-state index in [0.717, 1.165) is 48.6 Å². The number of nitriles is 1. The number of anilines is 2. The van der Waals surface area contributed by atoms with Gasteiger partial charge in [0.15, 0.2) is 5.78 Å². The molecule has 1 N–H and O–H groups in total. The molecule has 1 saturated heterocycles. The number of nitrogens with one attached hydrogen (secondary N) is 1. The number of Topliss-reactive ketones (excluding diaryl/α,β-unsaturated/α-hetero) is 1. The monoisotopic (exact) mass is 459 g/mol. The summed E-state index contributed by atoms with van der Waals surface area (Å²) in [5, 5.41) is 12.7. The maximum atomic E-state index is 13.0. The second kappa shape index (κ2) is 11.0. The normalized spacial score (nSPS) is 13.7. The molecule has 176 valence electrons. The molecule has 1 aromatic heterocycles. The zero-order valence-electron chi connectivity index (χ0n) is 19.4. The molecule has 1 aliphatic rings. The first kappa shape index (κ1) is 23.5. The molecular weight excluding hydrogens is 430 g/mol. The number of carbonyl (C=O) groups is 2. The number of para-hydroxylation sites is 1. The second-order valence-electron chi connectivity index (χ2n) is 8.45. The molecule has 2 aromatic carbocycles. The van der Waals surface area contributed by atoms with E-state index in [9.17, 15) is 9.59 Å². The van der Waals surface area contributed by atoms with Crippen molar-refractivity contribution in [3.8, 4) is 6.07 Å². The number of morpholine rings is 1. The van der Waals surface area contributed by atoms with Gasteiger partial charge in [0.1, 0.15) is 0 Å². The van der Waals surface area contributed by atoms with Crippen LogP contribution in [-0.2, 0) is 16.1 Å². The minimum atomic E-state index is -0.175. The van der Waals surface area contributed by atoms with Gasteiger partial charge in [0.05, 0.1) is 38.8 Å². The minimum absolute atomic E-state index is 0.0583. The molecule has 1 amide bonds. The van der Waals surface area contributed by atoms with Gasteiger partial charge in [-0.15, -0.1) is 0 Å². The summed E-state index contributed by atoms with van der Waals surface area (Å²) in [6.07, 6.45) is 2.19. The van der Waals surface area contributed by atoms with Crippen molar-refractivity contribution in [3.05, 3.63) is 60.3 Å². The number of carbonyl (C=O) groups excluding carboxylic acids is 2. The number of nitrogens with zero attached hydrogens (tertiary/aromatic N) is 4. The topological polar surface area (TPSA) is 90.6 Å². The van der Waals surface area contributed by atoms with Crippen molar-refractivity contribution in [2.45, 2.75) is 13.0 Å². The molecule has 0 aliphatic carbocycles. The Labute approximate surface area is 199 Å². The number of hydrogen-bond donors (Lipinski definition) is 1. The van der Waals surface area contributed by atoms with Gasteiger partial charge in [-0.25, -0.2) is 0 Å². The molecular formula is C26H29N5O3. The van der Waals surface area contributed by atoms with Crippen molar-refractivity contribution in [2.75, 3.05) is 56.7 Å². The van der Waals surface area contributed by atoms with E-state index in [1.807, 2.05) is 59.3 Å². The zero-order chi connectivity index (χ0) is 23.9. The van der Waals surface area contributed by atoms with E-state index in [1.165, 1.54) is 0 Å². The number of benzene rings is 2. The summed E-state index contributed by atoms with van der Waals surface area (Å²) in [4.78, 5) is 29.5. The fourth-order valence-electron chi connectivity index (χ4n) is 4.23. The fourth-order valence-corrected chi connectivity index (χ4v) is 4.23. The lowest BCUT2D eigenvalue weighted by atomic mass is 10.1. The molecule has 0 radical (unpaired) electrons. The van der Waals surface area contributed by atoms with Crippen LogP contribution in [0.2, 0.25) is 0 Å². The summed E-state index contributed by atoms with van der Waals surface area (Å²) in [6, 6.07) is 17.6. The number of ketones is 1. The van der Waals surface area contributed by atoms with Crippen molar-refractivity contribution in [3.63, 3.8) is 0 Å². The Hall–Kier alpha value is -3.67. The molecule has 0 bridgehead atoms. The average Bonchev–Trinajstić information content (AvgIpc) is 3.22. The highest BCUT2D eigenvalue weighted by Crippen LogP contribution is 2.23. The molecule has 34 heavy (non-hydrogen) atoms. The molecule has 0 atom stereocenters. The Kier molecular flexibility index (Phi) is 7.58. The van der Waals surface area contributed by atoms with Gasteiger partial charge in [0, 0.05) is 53.7 Å². The number of aromatic nitrogens is 1. The summed E-state index contributed by atoms with van der Waals surface area (Å²) in [5.74, 6) is -0.233. The highest BCUT2D eigenvalue weighted by Gasteiger charge is 2.18. The minimum Gasteiger partial charge on any atom is -0.378 e. The third-order valence-corrected chi connectivity index (χ3v) is 5.91. The molecule has 8 nitrogen and oxygen atoms in total. The molecule has 1 aliphatic heterocycles. The fraction of sp³-hybridized carbons (Fsp3) is 0.346. The number of fused-ring (bicyclic) bond motifs is 1. The van der Waals surface area contributed by atoms with Crippen LogP contribution in [0.15, 0.2) is 54.7 Å². The predicted molar refractivity (Wildman–Crippen MR) is 132 cm³/mol. The number of hydrogen-bond acceptors (Lipinski definition) is 6. The molecule has 4 rings (SSSR count). The van der Waals surface area contributed by atoms with E-state index < -0.39 is 0 Å². The predicted octanol–water partition coefficient (Wildman–Crippen LogP) is 3.14. The smallest absolute Gasteiger partial charge is 0.238 e. The standard InChI is InChI=1S/C26H29N5O3/c1-29(18-25(32)23-17-31(12-4-11-27)24-6-3-2-5-22(23)24)19-26(33)28-20-7-9-21(10-8-20)30-13-15-34-16-14-30/h2-3,5-10,17H,4,12-16,18-19H2,1H3,(H,28,33). The van der Waals surface area contributed by atoms with Gasteiger partial charge in [0.25, 0.3) is 0 Å². The zero-order valence-corrected chi connectivity index (χ0v) is 19.4. The summed E-state index contributed by atoms with van der Waals surface area (Å²) in [7, 11) is 1.76. The van der Waals surface area contributed by atoms with Crippen LogP contribution in [0, 0.1) is 11.3 Å². The summed E-state index contributed by atoms with van der Waals surface area (Å²) in [6.45, 7) is 3.93. The first-order chi connectivity index (χ1) is 16.5. The molecule has 0 saturated carbocycles. The van der Waals surface area contributed by atoms with Crippen molar-refractivity contribution in [2.24, 2.45) is 0 Å². The molecule has 0 unspecified atom stereocenters. The first-order valence-corrected chi connectivity index (χ1v) is 11.4. The number of amides is 1. The largest absolute Gasteiger partial charge is 0.378 e. The van der Waals surface area contributed by atoms with Gasteiger partial charge < -0.3 is 19.5 Å². The molecule has 0 spiro atoms. The van der Waals surface area contributed by atoms with Crippen LogP contribution >= 0.6 is 0 Å². The Morgan fingerprint density at radius 3 is 2.56 bits per heavy atom. The number of aryl methyl sites for hydroxylation is 1. The Balaban J connectivity index is 1.33. The van der Waals surface area contributed by atoms with E-state index in [-0.39, 0.29) is 24.8 Å². The highest BCUT2D eigenvalue weighted by atomic mass is 16.5. The highest BCUT2D eigenvalue weighted by molar-refractivity contribution is 6.09. The summed E-state index contributed by atoms with van der Waals surface area (Å²) < 4.78 is 7.33. The van der Waals surface area contributed by atoms with Crippen LogP contribution in [0.25, 0.3) is 10.9 Å². The van der Waals surface area contributed by atoms with Crippen LogP contribution in [0.5, 0.6) is 0 Å². The molecule has 1 fully saturated rings. The lowest BCUT2D eigenvalue weighted by Crippen LogP contribution is -2.36. The van der Waals surface area contributed by atoms with E-state index in [1.54, 1.807) is 11.9 Å². The van der Waals surface area contributed by atoms with Crippen molar-refractivity contribution < 1.29 is 14.3 Å². The average molecular weight is 460 g/mol. The van der Waals surface area contributed by atoms with Crippen molar-refractivity contribution in [1.82, 2.24) is 9.47 Å². The van der Waals surface area contributed by atoms with Crippen molar-refractivity contribution in [1.29, 1.82) is 5.26 Å². The van der Waals surface area contributed by atoms with E-state index in [2.05, 4.69) is 16.3 Å². The van der Waals surface area contributed by atoms with Gasteiger partial charge in [0.2, 0.25) is 5.91 Å². The quantitative estimate of drug-likeness (QED) is 0.495. The SMILES string of the molecule is CN(CC(=O)Nc1ccc(N2CCOCC2)cc1)CC(=O)c1cn(CCC#N)c2ccccc12. The Bertz CT molecular complexity index is 1190. The lowest BCUT2D eigenvalue weighted by molar-refractivity contribution is -0.116. The molecule has 8 heteroatoms. The van der Waals surface area contributed by atoms with Gasteiger partial charge in [-0.3, -0.25) is 14.5 Å². The molecule has 2 heterocycles. The second-order valence-corrected chi connectivity index (χ2v) is 8.45. The van der Waals surface area contributed by atoms with E-state index >= 15 is 0 Å². The first-order valence-electron chi connectivity index (χ1n) is 11.4. The maximum Gasteiger partial charge on any atom is 0.238 e. The van der Waals surface area contributed by atoms with E-state index in [4.69, 9.17) is 10.00 Å². The third kappa shape index (κ3) is 5.63. The van der Waals surface area contributed by atoms with E-state index in [0.29, 0.717) is 18.5 Å². The van der Waals surface area contributed by atoms with Gasteiger partial charge in [-0.1, -0.05) is 18.2 Å². The molecule has 3 aromatic rings. The number of rotatable bonds is 9. The Morgan fingerprint density at radius 1 is 1.09 bits per heavy atom.